The summed E-state index contributed by atoms with van der Waals surface area (Å²) in [5.41, 5.74) is 0.450. The number of hydrogen-bond donors (Lipinski definition) is 1. The normalized spacial score (nSPS) is 27.0. The van der Waals surface area contributed by atoms with Gasteiger partial charge in [-0.2, -0.15) is 0 Å². The maximum absolute atomic E-state index is 15.2. The molecule has 7 heteroatoms. The summed E-state index contributed by atoms with van der Waals surface area (Å²) in [5, 5.41) is 3.52. The Morgan fingerprint density at radius 1 is 1.13 bits per heavy atom. The zero-order valence-electron chi connectivity index (χ0n) is 15.8. The van der Waals surface area contributed by atoms with Crippen LogP contribution in [0.4, 0.5) is 13.6 Å². The van der Waals surface area contributed by atoms with Crippen molar-refractivity contribution < 1.29 is 18.3 Å². The molecule has 3 aliphatic heterocycles. The van der Waals surface area contributed by atoms with Gasteiger partial charge in [-0.25, -0.2) is 13.6 Å². The van der Waals surface area contributed by atoms with Crippen LogP contribution < -0.4 is 10.1 Å². The van der Waals surface area contributed by atoms with Crippen LogP contribution in [0.5, 0.6) is 5.75 Å². The van der Waals surface area contributed by atoms with E-state index in [4.69, 9.17) is 16.3 Å². The average Bonchev–Trinajstić information content (AvgIpc) is 2.72. The van der Waals surface area contributed by atoms with Crippen LogP contribution in [0.3, 0.4) is 0 Å². The zero-order valence-corrected chi connectivity index (χ0v) is 16.5. The van der Waals surface area contributed by atoms with Crippen molar-refractivity contribution in [2.24, 2.45) is 0 Å². The molecule has 0 unspecified atom stereocenters. The first-order valence-corrected chi connectivity index (χ1v) is 10.3. The lowest BCUT2D eigenvalue weighted by Gasteiger charge is -2.56. The first kappa shape index (κ1) is 20.9. The molecule has 2 amide bonds. The third-order valence-electron chi connectivity index (χ3n) is 6.65. The van der Waals surface area contributed by atoms with Crippen LogP contribution >= 0.6 is 11.6 Å². The van der Waals surface area contributed by atoms with Crippen molar-refractivity contribution in [3.63, 3.8) is 0 Å². The van der Waals surface area contributed by atoms with Gasteiger partial charge in [0.15, 0.2) is 11.6 Å². The van der Waals surface area contributed by atoms with Gasteiger partial charge in [0, 0.05) is 28.6 Å². The molecule has 0 spiro atoms. The predicted molar refractivity (Wildman–Crippen MR) is 112 cm³/mol. The first-order chi connectivity index (χ1) is 14.0. The summed E-state index contributed by atoms with van der Waals surface area (Å²) in [5.74, 6) is -1.08. The lowest BCUT2D eigenvalue weighted by atomic mass is 9.62. The van der Waals surface area contributed by atoms with Crippen molar-refractivity contribution >= 4 is 17.6 Å². The highest BCUT2D eigenvalue weighted by Gasteiger charge is 2.56. The Morgan fingerprint density at radius 3 is 2.63 bits per heavy atom. The summed E-state index contributed by atoms with van der Waals surface area (Å²) >= 11 is 6.04. The van der Waals surface area contributed by atoms with Crippen molar-refractivity contribution in [1.82, 2.24) is 10.2 Å². The minimum absolute atomic E-state index is 0. The lowest BCUT2D eigenvalue weighted by molar-refractivity contribution is -0.00805. The molecule has 3 atom stereocenters. The highest BCUT2D eigenvalue weighted by Crippen LogP contribution is 2.52. The topological polar surface area (TPSA) is 41.6 Å². The second-order valence-electron chi connectivity index (χ2n) is 8.14. The summed E-state index contributed by atoms with van der Waals surface area (Å²) in [7, 11) is 0. The number of benzene rings is 2. The van der Waals surface area contributed by atoms with E-state index in [0.29, 0.717) is 24.4 Å². The SMILES string of the molecule is C.O=C1NCC[C@@H]2CC[C@@]3(Cc4ccc(Cl)cc4)c4c(F)ccc(F)c4OC[C@H]3N12. The number of amides is 2. The Bertz CT molecular complexity index is 968. The van der Waals surface area contributed by atoms with Gasteiger partial charge in [-0.05, 0) is 55.5 Å². The van der Waals surface area contributed by atoms with E-state index >= 15 is 4.39 Å². The molecule has 0 bridgehead atoms. The number of rotatable bonds is 2. The van der Waals surface area contributed by atoms with Crippen LogP contribution in [-0.4, -0.2) is 36.2 Å². The van der Waals surface area contributed by atoms with E-state index in [-0.39, 0.29) is 43.5 Å². The van der Waals surface area contributed by atoms with E-state index in [2.05, 4.69) is 5.32 Å². The van der Waals surface area contributed by atoms with Crippen molar-refractivity contribution in [3.8, 4) is 5.75 Å². The molecular weight excluding hydrogens is 410 g/mol. The standard InChI is InChI=1S/C22H21ClF2N2O2.CH4/c23-14-3-1-13(2-4-14)11-22-9-7-15-8-10-26-21(28)27(15)18(22)12-29-20-17(25)6-5-16(24)19(20)22;/h1-6,15,18H,7-12H2,(H,26,28);1H4/t15-,18+,22-;/m0./s1. The molecule has 0 aromatic heterocycles. The maximum Gasteiger partial charge on any atom is 0.318 e. The molecule has 4 nitrogen and oxygen atoms in total. The van der Waals surface area contributed by atoms with Crippen LogP contribution in [0.15, 0.2) is 36.4 Å². The van der Waals surface area contributed by atoms with E-state index in [1.807, 2.05) is 17.0 Å². The third kappa shape index (κ3) is 3.13. The number of halogens is 3. The summed E-state index contributed by atoms with van der Waals surface area (Å²) in [6, 6.07) is 9.22. The summed E-state index contributed by atoms with van der Waals surface area (Å²) in [4.78, 5) is 14.6. The Morgan fingerprint density at radius 2 is 1.87 bits per heavy atom. The second kappa shape index (κ2) is 7.73. The second-order valence-corrected chi connectivity index (χ2v) is 8.58. The number of hydrogen-bond acceptors (Lipinski definition) is 2. The van der Waals surface area contributed by atoms with Gasteiger partial charge in [-0.3, -0.25) is 0 Å². The van der Waals surface area contributed by atoms with Crippen molar-refractivity contribution in [3.05, 3.63) is 64.2 Å². The smallest absolute Gasteiger partial charge is 0.318 e. The highest BCUT2D eigenvalue weighted by atomic mass is 35.5. The van der Waals surface area contributed by atoms with Gasteiger partial charge in [0.25, 0.3) is 0 Å². The first-order valence-electron chi connectivity index (χ1n) is 9.91. The number of nitrogens with one attached hydrogen (secondary N) is 1. The molecule has 160 valence electrons. The number of urea groups is 1. The number of piperidine rings is 1. The van der Waals surface area contributed by atoms with E-state index in [1.165, 1.54) is 0 Å². The van der Waals surface area contributed by atoms with Gasteiger partial charge in [0.1, 0.15) is 12.4 Å². The summed E-state index contributed by atoms with van der Waals surface area (Å²) < 4.78 is 35.5. The predicted octanol–water partition coefficient (Wildman–Crippen LogP) is 5.07. The maximum atomic E-state index is 15.2. The molecular formula is C23H25ClF2N2O2. The minimum Gasteiger partial charge on any atom is -0.488 e. The van der Waals surface area contributed by atoms with Gasteiger partial charge < -0.3 is 15.0 Å². The van der Waals surface area contributed by atoms with Crippen LogP contribution in [0, 0.1) is 11.6 Å². The van der Waals surface area contributed by atoms with E-state index < -0.39 is 17.0 Å². The Labute approximate surface area is 180 Å². The van der Waals surface area contributed by atoms with Gasteiger partial charge >= 0.3 is 6.03 Å². The molecule has 30 heavy (non-hydrogen) atoms. The number of carbonyl (C=O) groups is 1. The van der Waals surface area contributed by atoms with E-state index in [1.54, 1.807) is 12.1 Å². The molecule has 0 aliphatic carbocycles. The van der Waals surface area contributed by atoms with Crippen LogP contribution in [-0.2, 0) is 11.8 Å². The molecule has 5 rings (SSSR count). The number of ether oxygens (including phenoxy) is 1. The molecule has 2 fully saturated rings. The van der Waals surface area contributed by atoms with Crippen molar-refractivity contribution in [2.45, 2.75) is 50.6 Å². The van der Waals surface area contributed by atoms with Crippen LogP contribution in [0.2, 0.25) is 5.02 Å². The largest absolute Gasteiger partial charge is 0.488 e. The fourth-order valence-electron chi connectivity index (χ4n) is 5.37. The molecule has 3 heterocycles. The van der Waals surface area contributed by atoms with Gasteiger partial charge in [-0.15, -0.1) is 0 Å². The Hall–Kier alpha value is -2.34. The Kier molecular flexibility index (Phi) is 5.39. The zero-order chi connectivity index (χ0) is 20.2. The number of nitrogens with zero attached hydrogens (tertiary/aromatic N) is 1. The molecule has 0 radical (unpaired) electrons. The van der Waals surface area contributed by atoms with E-state index in [9.17, 15) is 9.18 Å². The van der Waals surface area contributed by atoms with E-state index in [0.717, 1.165) is 30.5 Å². The molecule has 2 saturated heterocycles. The van der Waals surface area contributed by atoms with Crippen molar-refractivity contribution in [2.75, 3.05) is 13.2 Å². The molecule has 3 aliphatic rings. The molecule has 2 aromatic carbocycles. The minimum atomic E-state index is -0.765. The van der Waals surface area contributed by atoms with Crippen LogP contribution in [0.25, 0.3) is 0 Å². The van der Waals surface area contributed by atoms with Gasteiger partial charge in [0.05, 0.1) is 6.04 Å². The summed E-state index contributed by atoms with van der Waals surface area (Å²) in [6.07, 6.45) is 2.72. The molecule has 2 aromatic rings. The molecule has 1 N–H and O–H groups in total. The lowest BCUT2D eigenvalue weighted by Crippen LogP contribution is -2.68. The third-order valence-corrected chi connectivity index (χ3v) is 6.91. The number of carbonyl (C=O) groups excluding carboxylic acids is 1. The highest BCUT2D eigenvalue weighted by molar-refractivity contribution is 6.30. The van der Waals surface area contributed by atoms with Gasteiger partial charge in [-0.1, -0.05) is 31.2 Å². The average molecular weight is 435 g/mol. The van der Waals surface area contributed by atoms with Crippen LogP contribution in [0.1, 0.15) is 37.8 Å². The van der Waals surface area contributed by atoms with Gasteiger partial charge in [0.2, 0.25) is 0 Å². The Balaban J connectivity index is 0.00000218. The fourth-order valence-corrected chi connectivity index (χ4v) is 5.50. The fraction of sp³-hybridized carbons (Fsp3) is 0.435. The quantitative estimate of drug-likeness (QED) is 0.716. The number of fused-ring (bicyclic) bond motifs is 5. The molecule has 0 saturated carbocycles. The van der Waals surface area contributed by atoms with Crippen molar-refractivity contribution in [1.29, 1.82) is 0 Å². The summed E-state index contributed by atoms with van der Waals surface area (Å²) in [6.45, 7) is 0.780. The monoisotopic (exact) mass is 434 g/mol.